The van der Waals surface area contributed by atoms with E-state index in [9.17, 15) is 14.7 Å². The lowest BCUT2D eigenvalue weighted by molar-refractivity contribution is -0.141. The Labute approximate surface area is 117 Å². The number of aliphatic hydroxyl groups is 1. The van der Waals surface area contributed by atoms with Crippen LogP contribution in [0, 0.1) is 0 Å². The summed E-state index contributed by atoms with van der Waals surface area (Å²) in [7, 11) is 0. The van der Waals surface area contributed by atoms with Crippen LogP contribution in [0.25, 0.3) is 0 Å². The molecule has 0 aliphatic heterocycles. The fourth-order valence-corrected chi connectivity index (χ4v) is 3.21. The number of hydrogen-bond donors (Lipinski definition) is 4. The summed E-state index contributed by atoms with van der Waals surface area (Å²) in [6.45, 7) is 1.85. The second-order valence-corrected chi connectivity index (χ2v) is 6.25. The topological polar surface area (TPSA) is 98.7 Å². The predicted octanol–water partition coefficient (Wildman–Crippen LogP) is 0.795. The number of amides is 2. The Morgan fingerprint density at radius 3 is 2.37 bits per heavy atom. The van der Waals surface area contributed by atoms with Gasteiger partial charge in [-0.15, -0.1) is 0 Å². The van der Waals surface area contributed by atoms with Crippen molar-refractivity contribution in [3.63, 3.8) is 0 Å². The molecular weight excluding hydrogens is 268 g/mol. The van der Waals surface area contributed by atoms with Gasteiger partial charge in [-0.2, -0.15) is 11.8 Å². The van der Waals surface area contributed by atoms with E-state index in [2.05, 4.69) is 10.6 Å². The van der Waals surface area contributed by atoms with Crippen molar-refractivity contribution in [1.82, 2.24) is 10.6 Å². The third-order valence-corrected chi connectivity index (χ3v) is 4.97. The smallest absolute Gasteiger partial charge is 0.328 e. The van der Waals surface area contributed by atoms with E-state index in [1.54, 1.807) is 11.8 Å². The largest absolute Gasteiger partial charge is 0.480 e. The van der Waals surface area contributed by atoms with Crippen LogP contribution in [-0.4, -0.2) is 51.9 Å². The van der Waals surface area contributed by atoms with Crippen LogP contribution in [0.2, 0.25) is 0 Å². The maximum Gasteiger partial charge on any atom is 0.328 e. The molecule has 1 aliphatic rings. The van der Waals surface area contributed by atoms with Gasteiger partial charge in [0.1, 0.15) is 0 Å². The van der Waals surface area contributed by atoms with Crippen LogP contribution in [0.15, 0.2) is 0 Å². The highest BCUT2D eigenvalue weighted by molar-refractivity contribution is 8.00. The molecule has 0 heterocycles. The van der Waals surface area contributed by atoms with Crippen LogP contribution in [-0.2, 0) is 4.79 Å². The van der Waals surface area contributed by atoms with Gasteiger partial charge in [0.05, 0.1) is 6.10 Å². The zero-order valence-corrected chi connectivity index (χ0v) is 12.1. The zero-order valence-electron chi connectivity index (χ0n) is 11.3. The summed E-state index contributed by atoms with van der Waals surface area (Å²) in [6, 6.07) is -1.83. The molecule has 2 amide bonds. The summed E-state index contributed by atoms with van der Waals surface area (Å²) in [5.41, 5.74) is 0. The summed E-state index contributed by atoms with van der Waals surface area (Å²) in [6.07, 6.45) is 5.34. The first-order valence-electron chi connectivity index (χ1n) is 6.40. The van der Waals surface area contributed by atoms with E-state index < -0.39 is 24.1 Å². The van der Waals surface area contributed by atoms with Crippen molar-refractivity contribution in [3.05, 3.63) is 0 Å². The fourth-order valence-electron chi connectivity index (χ4n) is 2.29. The number of aliphatic hydroxyl groups excluding tert-OH is 1. The van der Waals surface area contributed by atoms with E-state index in [1.807, 2.05) is 6.26 Å². The number of carboxylic acid groups (broad SMARTS) is 1. The van der Waals surface area contributed by atoms with Gasteiger partial charge in [0.25, 0.3) is 0 Å². The van der Waals surface area contributed by atoms with E-state index >= 15 is 0 Å². The molecule has 0 aromatic rings. The molecular formula is C12H22N2O4S. The van der Waals surface area contributed by atoms with Gasteiger partial charge in [-0.25, -0.2) is 9.59 Å². The van der Waals surface area contributed by atoms with Gasteiger partial charge >= 0.3 is 12.0 Å². The molecule has 2 atom stereocenters. The van der Waals surface area contributed by atoms with Crippen LogP contribution in [0.4, 0.5) is 4.79 Å². The number of aliphatic carboxylic acids is 1. The molecule has 0 radical (unpaired) electrons. The van der Waals surface area contributed by atoms with Gasteiger partial charge < -0.3 is 20.8 Å². The van der Waals surface area contributed by atoms with Crippen LogP contribution in [0.5, 0.6) is 0 Å². The lowest BCUT2D eigenvalue weighted by atomic mass is 10.1. The number of rotatable bonds is 6. The van der Waals surface area contributed by atoms with Gasteiger partial charge in [-0.1, -0.05) is 12.8 Å². The highest BCUT2D eigenvalue weighted by Crippen LogP contribution is 2.39. The lowest BCUT2D eigenvalue weighted by Crippen LogP contribution is -2.53. The van der Waals surface area contributed by atoms with Gasteiger partial charge in [0, 0.05) is 11.3 Å². The van der Waals surface area contributed by atoms with Crippen molar-refractivity contribution >= 4 is 23.8 Å². The Hall–Kier alpha value is -0.950. The predicted molar refractivity (Wildman–Crippen MR) is 74.4 cm³/mol. The Morgan fingerprint density at radius 2 is 1.95 bits per heavy atom. The number of carboxylic acids is 1. The third-order valence-electron chi connectivity index (χ3n) is 3.55. The standard InChI is InChI=1S/C12H22N2O4S/c1-8(15)9(10(16)17)14-11(18)13-7-12(19-2)5-3-4-6-12/h8-9,15H,3-7H2,1-2H3,(H,16,17)(H2,13,14,18)/t8-,9+/m1/s1. The first kappa shape index (κ1) is 16.1. The number of carbonyl (C=O) groups is 2. The third kappa shape index (κ3) is 4.58. The minimum absolute atomic E-state index is 0.0703. The van der Waals surface area contributed by atoms with Crippen molar-refractivity contribution in [2.75, 3.05) is 12.8 Å². The van der Waals surface area contributed by atoms with Crippen LogP contribution < -0.4 is 10.6 Å². The zero-order chi connectivity index (χ0) is 14.5. The molecule has 1 aliphatic carbocycles. The first-order valence-corrected chi connectivity index (χ1v) is 7.63. The maximum atomic E-state index is 11.7. The SMILES string of the molecule is CSC1(CNC(=O)N[C@H](C(=O)O)[C@@H](C)O)CCCC1. The van der Waals surface area contributed by atoms with Crippen LogP contribution >= 0.6 is 11.8 Å². The van der Waals surface area contributed by atoms with Gasteiger partial charge in [0.15, 0.2) is 6.04 Å². The average molecular weight is 290 g/mol. The summed E-state index contributed by atoms with van der Waals surface area (Å²) < 4.78 is 0.0703. The maximum absolute atomic E-state index is 11.7. The van der Waals surface area contributed by atoms with E-state index in [0.717, 1.165) is 25.7 Å². The number of nitrogens with one attached hydrogen (secondary N) is 2. The fraction of sp³-hybridized carbons (Fsp3) is 0.833. The Bertz CT molecular complexity index is 330. The second kappa shape index (κ2) is 7.00. The minimum Gasteiger partial charge on any atom is -0.480 e. The van der Waals surface area contributed by atoms with E-state index in [4.69, 9.17) is 5.11 Å². The molecule has 0 aromatic carbocycles. The molecule has 4 N–H and O–H groups in total. The van der Waals surface area contributed by atoms with Gasteiger partial charge in [-0.05, 0) is 26.0 Å². The van der Waals surface area contributed by atoms with Crippen molar-refractivity contribution in [2.45, 2.75) is 49.5 Å². The van der Waals surface area contributed by atoms with E-state index in [1.165, 1.54) is 6.92 Å². The van der Waals surface area contributed by atoms with E-state index in [0.29, 0.717) is 6.54 Å². The van der Waals surface area contributed by atoms with Crippen molar-refractivity contribution in [3.8, 4) is 0 Å². The molecule has 6 nitrogen and oxygen atoms in total. The number of urea groups is 1. The Balaban J connectivity index is 2.44. The van der Waals surface area contributed by atoms with Crippen LogP contribution in [0.1, 0.15) is 32.6 Å². The van der Waals surface area contributed by atoms with Crippen LogP contribution in [0.3, 0.4) is 0 Å². The van der Waals surface area contributed by atoms with Crippen molar-refractivity contribution in [2.24, 2.45) is 0 Å². The highest BCUT2D eigenvalue weighted by atomic mass is 32.2. The molecule has 7 heteroatoms. The molecule has 110 valence electrons. The second-order valence-electron chi connectivity index (χ2n) is 4.98. The lowest BCUT2D eigenvalue weighted by Gasteiger charge is -2.27. The number of carbonyl (C=O) groups excluding carboxylic acids is 1. The van der Waals surface area contributed by atoms with Crippen molar-refractivity contribution < 1.29 is 19.8 Å². The molecule has 0 saturated heterocycles. The molecule has 1 rings (SSSR count). The normalized spacial score (nSPS) is 20.6. The number of thioether (sulfide) groups is 1. The van der Waals surface area contributed by atoms with Gasteiger partial charge in [0.2, 0.25) is 0 Å². The van der Waals surface area contributed by atoms with E-state index in [-0.39, 0.29) is 4.75 Å². The molecule has 1 saturated carbocycles. The molecule has 0 spiro atoms. The average Bonchev–Trinajstić information content (AvgIpc) is 2.82. The number of hydrogen-bond acceptors (Lipinski definition) is 4. The molecule has 19 heavy (non-hydrogen) atoms. The summed E-state index contributed by atoms with van der Waals surface area (Å²) in [4.78, 5) is 22.5. The summed E-state index contributed by atoms with van der Waals surface area (Å²) in [5, 5.41) is 23.1. The molecule has 0 unspecified atom stereocenters. The monoisotopic (exact) mass is 290 g/mol. The molecule has 1 fully saturated rings. The Kier molecular flexibility index (Phi) is 5.93. The molecule has 0 bridgehead atoms. The molecule has 0 aromatic heterocycles. The quantitative estimate of drug-likeness (QED) is 0.580. The minimum atomic E-state index is -1.28. The summed E-state index contributed by atoms with van der Waals surface area (Å²) >= 11 is 1.75. The van der Waals surface area contributed by atoms with Gasteiger partial charge in [-0.3, -0.25) is 0 Å². The summed E-state index contributed by atoms with van der Waals surface area (Å²) in [5.74, 6) is -1.24. The Morgan fingerprint density at radius 1 is 1.37 bits per heavy atom. The highest BCUT2D eigenvalue weighted by Gasteiger charge is 2.33. The first-order chi connectivity index (χ1) is 8.90. The van der Waals surface area contributed by atoms with Crippen molar-refractivity contribution in [1.29, 1.82) is 0 Å².